The third-order valence-electron chi connectivity index (χ3n) is 5.29. The van der Waals surface area contributed by atoms with E-state index in [-0.39, 0.29) is 42.4 Å². The maximum atomic E-state index is 12.5. The van der Waals surface area contributed by atoms with Crippen LogP contribution in [0.15, 0.2) is 35.5 Å². The number of guanidine groups is 1. The van der Waals surface area contributed by atoms with E-state index >= 15 is 0 Å². The van der Waals surface area contributed by atoms with Crippen molar-refractivity contribution in [1.29, 1.82) is 0 Å². The second-order valence-corrected chi connectivity index (χ2v) is 9.79. The first-order chi connectivity index (χ1) is 14.4. The molecule has 1 aromatic carbocycles. The number of aromatic nitrogens is 1. The van der Waals surface area contributed by atoms with Crippen molar-refractivity contribution in [2.45, 2.75) is 26.4 Å². The molecule has 31 heavy (non-hydrogen) atoms. The highest BCUT2D eigenvalue weighted by molar-refractivity contribution is 14.0. The lowest BCUT2D eigenvalue weighted by atomic mass is 10.1. The SMILES string of the molecule is CN=C(NCCc1c[nH]c2ccccc12)N1CCN(S(=O)(=O)CCOC(C)C)CC1.I. The lowest BCUT2D eigenvalue weighted by Crippen LogP contribution is -2.54. The van der Waals surface area contributed by atoms with Crippen molar-refractivity contribution >= 4 is 50.9 Å². The number of ether oxygens (including phenoxy) is 1. The van der Waals surface area contributed by atoms with Crippen molar-refractivity contribution in [3.63, 3.8) is 0 Å². The van der Waals surface area contributed by atoms with Crippen molar-refractivity contribution in [2.75, 3.05) is 52.1 Å². The zero-order chi connectivity index (χ0) is 21.6. The molecule has 2 heterocycles. The number of H-pyrrole nitrogens is 1. The largest absolute Gasteiger partial charge is 0.378 e. The van der Waals surface area contributed by atoms with E-state index in [2.05, 4.69) is 44.6 Å². The maximum Gasteiger partial charge on any atom is 0.216 e. The van der Waals surface area contributed by atoms with Crippen molar-refractivity contribution in [3.8, 4) is 0 Å². The molecule has 2 aromatic rings. The number of hydrogen-bond donors (Lipinski definition) is 2. The number of nitrogens with zero attached hydrogens (tertiary/aromatic N) is 3. The normalized spacial score (nSPS) is 16.0. The van der Waals surface area contributed by atoms with Crippen molar-refractivity contribution in [3.05, 3.63) is 36.0 Å². The summed E-state index contributed by atoms with van der Waals surface area (Å²) in [6.45, 7) is 6.98. The smallest absolute Gasteiger partial charge is 0.216 e. The van der Waals surface area contributed by atoms with Gasteiger partial charge in [0.15, 0.2) is 5.96 Å². The summed E-state index contributed by atoms with van der Waals surface area (Å²) in [4.78, 5) is 9.81. The van der Waals surface area contributed by atoms with Gasteiger partial charge in [0.25, 0.3) is 0 Å². The van der Waals surface area contributed by atoms with Crippen LogP contribution < -0.4 is 5.32 Å². The summed E-state index contributed by atoms with van der Waals surface area (Å²) >= 11 is 0. The Kier molecular flexibility index (Phi) is 10.0. The predicted octanol–water partition coefficient (Wildman–Crippen LogP) is 2.28. The molecule has 8 nitrogen and oxygen atoms in total. The number of fused-ring (bicyclic) bond motifs is 1. The summed E-state index contributed by atoms with van der Waals surface area (Å²) in [5.41, 5.74) is 2.42. The van der Waals surface area contributed by atoms with E-state index in [1.807, 2.05) is 19.9 Å². The first-order valence-electron chi connectivity index (χ1n) is 10.5. The number of benzene rings is 1. The van der Waals surface area contributed by atoms with Gasteiger partial charge in [0.05, 0.1) is 18.5 Å². The lowest BCUT2D eigenvalue weighted by Gasteiger charge is -2.35. The molecule has 1 fully saturated rings. The summed E-state index contributed by atoms with van der Waals surface area (Å²) in [7, 11) is -1.52. The fraction of sp³-hybridized carbons (Fsp3) is 0.571. The van der Waals surface area contributed by atoms with Gasteiger partial charge in [0, 0.05) is 56.9 Å². The molecular weight excluding hydrogens is 529 g/mol. The molecule has 0 unspecified atom stereocenters. The van der Waals surface area contributed by atoms with Crippen LogP contribution >= 0.6 is 24.0 Å². The fourth-order valence-electron chi connectivity index (χ4n) is 3.68. The van der Waals surface area contributed by atoms with Gasteiger partial charge in [0.2, 0.25) is 10.0 Å². The summed E-state index contributed by atoms with van der Waals surface area (Å²) < 4.78 is 32.0. The molecule has 0 atom stereocenters. The molecule has 0 saturated carbocycles. The Bertz CT molecular complexity index is 953. The lowest BCUT2D eigenvalue weighted by molar-refractivity contribution is 0.0904. The Morgan fingerprint density at radius 2 is 1.94 bits per heavy atom. The van der Waals surface area contributed by atoms with E-state index in [9.17, 15) is 8.42 Å². The third-order valence-corrected chi connectivity index (χ3v) is 7.12. The van der Waals surface area contributed by atoms with Crippen LogP contribution in [-0.4, -0.2) is 86.8 Å². The number of aromatic amines is 1. The molecule has 0 radical (unpaired) electrons. The zero-order valence-electron chi connectivity index (χ0n) is 18.5. The second kappa shape index (κ2) is 12.0. The average Bonchev–Trinajstić information content (AvgIpc) is 3.14. The molecule has 0 amide bonds. The molecule has 2 N–H and O–H groups in total. The molecule has 174 valence electrons. The molecule has 0 aliphatic carbocycles. The Balaban J connectivity index is 0.00000341. The van der Waals surface area contributed by atoms with Crippen LogP contribution in [0.25, 0.3) is 10.9 Å². The van der Waals surface area contributed by atoms with E-state index < -0.39 is 10.0 Å². The van der Waals surface area contributed by atoms with Gasteiger partial charge in [-0.1, -0.05) is 18.2 Å². The second-order valence-electron chi connectivity index (χ2n) is 7.71. The monoisotopic (exact) mass is 563 g/mol. The van der Waals surface area contributed by atoms with Crippen molar-refractivity contribution in [1.82, 2.24) is 19.5 Å². The Morgan fingerprint density at radius 1 is 1.23 bits per heavy atom. The predicted molar refractivity (Wildman–Crippen MR) is 137 cm³/mol. The van der Waals surface area contributed by atoms with Gasteiger partial charge in [0.1, 0.15) is 0 Å². The van der Waals surface area contributed by atoms with Crippen LogP contribution in [0.3, 0.4) is 0 Å². The van der Waals surface area contributed by atoms with Crippen molar-refractivity contribution in [2.24, 2.45) is 4.99 Å². The van der Waals surface area contributed by atoms with E-state index in [1.165, 1.54) is 10.9 Å². The number of sulfonamides is 1. The van der Waals surface area contributed by atoms with Crippen LogP contribution in [0.2, 0.25) is 0 Å². The number of piperazine rings is 1. The van der Waals surface area contributed by atoms with Crippen LogP contribution in [0.4, 0.5) is 0 Å². The van der Waals surface area contributed by atoms with Gasteiger partial charge in [-0.15, -0.1) is 24.0 Å². The van der Waals surface area contributed by atoms with Crippen LogP contribution in [-0.2, 0) is 21.2 Å². The van der Waals surface area contributed by atoms with Crippen LogP contribution in [0.1, 0.15) is 19.4 Å². The average molecular weight is 564 g/mol. The van der Waals surface area contributed by atoms with Gasteiger partial charge < -0.3 is 19.9 Å². The van der Waals surface area contributed by atoms with Crippen molar-refractivity contribution < 1.29 is 13.2 Å². The minimum Gasteiger partial charge on any atom is -0.378 e. The zero-order valence-corrected chi connectivity index (χ0v) is 21.7. The number of para-hydroxylation sites is 1. The molecule has 3 rings (SSSR count). The molecular formula is C21H34IN5O3S. The minimum atomic E-state index is -3.28. The van der Waals surface area contributed by atoms with Gasteiger partial charge in [-0.25, -0.2) is 8.42 Å². The minimum absolute atomic E-state index is 0. The van der Waals surface area contributed by atoms with E-state index in [0.29, 0.717) is 26.2 Å². The molecule has 1 aliphatic heterocycles. The molecule has 1 saturated heterocycles. The van der Waals surface area contributed by atoms with Gasteiger partial charge in [-0.2, -0.15) is 4.31 Å². The standard InChI is InChI=1S/C21H33N5O3S.HI/c1-17(2)29-14-15-30(27,28)26-12-10-25(11-13-26)21(22-3)23-9-8-18-16-24-20-7-5-4-6-19(18)20;/h4-7,16-17,24H,8-15H2,1-3H3,(H,22,23);1H. The summed E-state index contributed by atoms with van der Waals surface area (Å²) in [5, 5.41) is 4.66. The van der Waals surface area contributed by atoms with E-state index in [4.69, 9.17) is 4.74 Å². The molecule has 0 bridgehead atoms. The summed E-state index contributed by atoms with van der Waals surface area (Å²) in [6.07, 6.45) is 2.98. The highest BCUT2D eigenvalue weighted by Crippen LogP contribution is 2.17. The Hall–Kier alpha value is -1.37. The van der Waals surface area contributed by atoms with Gasteiger partial charge in [-0.05, 0) is 31.9 Å². The maximum absolute atomic E-state index is 12.5. The topological polar surface area (TPSA) is 90.0 Å². The van der Waals surface area contributed by atoms with Crippen LogP contribution in [0.5, 0.6) is 0 Å². The number of nitrogens with one attached hydrogen (secondary N) is 2. The number of halogens is 1. The third kappa shape index (κ3) is 7.06. The summed E-state index contributed by atoms with van der Waals surface area (Å²) in [5.74, 6) is 0.845. The van der Waals surface area contributed by atoms with Crippen LogP contribution in [0, 0.1) is 0 Å². The number of rotatable bonds is 8. The highest BCUT2D eigenvalue weighted by Gasteiger charge is 2.27. The molecule has 10 heteroatoms. The van der Waals surface area contributed by atoms with E-state index in [1.54, 1.807) is 11.4 Å². The molecule has 1 aromatic heterocycles. The Labute approximate surface area is 202 Å². The number of aliphatic imine (C=N–C) groups is 1. The van der Waals surface area contributed by atoms with Gasteiger partial charge in [-0.3, -0.25) is 4.99 Å². The Morgan fingerprint density at radius 3 is 2.61 bits per heavy atom. The number of hydrogen-bond acceptors (Lipinski definition) is 4. The summed E-state index contributed by atoms with van der Waals surface area (Å²) in [6, 6.07) is 8.28. The first kappa shape index (κ1) is 25.9. The quantitative estimate of drug-likeness (QED) is 0.292. The molecule has 1 aliphatic rings. The fourth-order valence-corrected chi connectivity index (χ4v) is 4.96. The highest BCUT2D eigenvalue weighted by atomic mass is 127. The van der Waals surface area contributed by atoms with E-state index in [0.717, 1.165) is 24.4 Å². The first-order valence-corrected chi connectivity index (χ1v) is 12.1. The van der Waals surface area contributed by atoms with Gasteiger partial charge >= 0.3 is 0 Å². The molecule has 0 spiro atoms.